The molecule has 0 aliphatic carbocycles. The zero-order chi connectivity index (χ0) is 17.8. The summed E-state index contributed by atoms with van der Waals surface area (Å²) in [4.78, 5) is 23.3. The smallest absolute Gasteiger partial charge is 0.265 e. The number of ether oxygens (including phenoxy) is 3. The predicted molar refractivity (Wildman–Crippen MR) is 91.1 cm³/mol. The Morgan fingerprint density at radius 3 is 2.44 bits per heavy atom. The summed E-state index contributed by atoms with van der Waals surface area (Å²) in [5.41, 5.74) is 6.15. The van der Waals surface area contributed by atoms with Gasteiger partial charge in [-0.2, -0.15) is 0 Å². The Kier molecular flexibility index (Phi) is 4.74. The molecule has 0 bridgehead atoms. The summed E-state index contributed by atoms with van der Waals surface area (Å²) in [5, 5.41) is 2.77. The molecule has 25 heavy (non-hydrogen) atoms. The highest BCUT2D eigenvalue weighted by molar-refractivity contribution is 5.94. The highest BCUT2D eigenvalue weighted by Gasteiger charge is 2.17. The molecule has 0 unspecified atom stereocenters. The van der Waals surface area contributed by atoms with Gasteiger partial charge >= 0.3 is 0 Å². The Hall–Kier alpha value is -3.22. The van der Waals surface area contributed by atoms with Crippen LogP contribution >= 0.6 is 0 Å². The lowest BCUT2D eigenvalue weighted by molar-refractivity contribution is -0.122. The van der Waals surface area contributed by atoms with Gasteiger partial charge in [0.15, 0.2) is 17.6 Å². The zero-order valence-electron chi connectivity index (χ0n) is 13.7. The fourth-order valence-electron chi connectivity index (χ4n) is 2.32. The number of anilines is 1. The van der Waals surface area contributed by atoms with Crippen LogP contribution in [0.5, 0.6) is 17.2 Å². The molecule has 130 valence electrons. The van der Waals surface area contributed by atoms with Gasteiger partial charge in [0.1, 0.15) is 19.0 Å². The maximum atomic E-state index is 12.3. The van der Waals surface area contributed by atoms with Crippen LogP contribution in [0.15, 0.2) is 42.5 Å². The van der Waals surface area contributed by atoms with E-state index in [1.807, 2.05) is 0 Å². The molecule has 0 saturated heterocycles. The van der Waals surface area contributed by atoms with Gasteiger partial charge in [0.05, 0.1) is 0 Å². The minimum Gasteiger partial charge on any atom is -0.486 e. The molecule has 0 radical (unpaired) electrons. The molecule has 3 N–H and O–H groups in total. The van der Waals surface area contributed by atoms with Crippen LogP contribution in [0.25, 0.3) is 0 Å². The first kappa shape index (κ1) is 16.6. The fourth-order valence-corrected chi connectivity index (χ4v) is 2.32. The van der Waals surface area contributed by atoms with Gasteiger partial charge in [-0.25, -0.2) is 0 Å². The van der Waals surface area contributed by atoms with E-state index in [0.29, 0.717) is 41.7 Å². The Morgan fingerprint density at radius 1 is 1.08 bits per heavy atom. The van der Waals surface area contributed by atoms with E-state index in [1.165, 1.54) is 0 Å². The molecule has 7 heteroatoms. The van der Waals surface area contributed by atoms with E-state index < -0.39 is 12.0 Å². The quantitative estimate of drug-likeness (QED) is 0.865. The van der Waals surface area contributed by atoms with Crippen molar-refractivity contribution in [2.24, 2.45) is 5.73 Å². The highest BCUT2D eigenvalue weighted by atomic mass is 16.6. The molecular weight excluding hydrogens is 324 g/mol. The summed E-state index contributed by atoms with van der Waals surface area (Å²) in [6.07, 6.45) is -0.729. The van der Waals surface area contributed by atoms with Crippen molar-refractivity contribution in [3.8, 4) is 17.2 Å². The second-order valence-electron chi connectivity index (χ2n) is 5.50. The lowest BCUT2D eigenvalue weighted by Gasteiger charge is -2.19. The number of rotatable bonds is 5. The molecule has 0 saturated carbocycles. The second-order valence-corrected chi connectivity index (χ2v) is 5.50. The topological polar surface area (TPSA) is 99.9 Å². The van der Waals surface area contributed by atoms with E-state index >= 15 is 0 Å². The largest absolute Gasteiger partial charge is 0.486 e. The SMILES string of the molecule is C[C@H](Oc1ccc(C(N)=O)cc1)C(=O)Nc1ccc2c(c1)OCCO2. The standard InChI is InChI=1S/C18H18N2O5/c1-11(25-14-5-2-12(3-6-14)17(19)21)18(22)20-13-4-7-15-16(10-13)24-9-8-23-15/h2-7,10-11H,8-9H2,1H3,(H2,19,21)(H,20,22)/t11-/m0/s1. The van der Waals surface area contributed by atoms with Crippen molar-refractivity contribution in [1.29, 1.82) is 0 Å². The number of primary amides is 1. The summed E-state index contributed by atoms with van der Waals surface area (Å²) in [6, 6.07) is 11.5. The van der Waals surface area contributed by atoms with Gasteiger partial charge in [0.25, 0.3) is 5.91 Å². The van der Waals surface area contributed by atoms with Gasteiger partial charge in [-0.15, -0.1) is 0 Å². The molecule has 1 aliphatic heterocycles. The van der Waals surface area contributed by atoms with Crippen LogP contribution in [0.1, 0.15) is 17.3 Å². The Morgan fingerprint density at radius 2 is 1.76 bits per heavy atom. The van der Waals surface area contributed by atoms with E-state index in [9.17, 15) is 9.59 Å². The number of carbonyl (C=O) groups excluding carboxylic acids is 2. The van der Waals surface area contributed by atoms with Crippen molar-refractivity contribution in [3.05, 3.63) is 48.0 Å². The Bertz CT molecular complexity index is 789. The molecule has 0 spiro atoms. The van der Waals surface area contributed by atoms with Gasteiger partial charge in [-0.05, 0) is 43.3 Å². The average Bonchev–Trinajstić information content (AvgIpc) is 2.62. The number of fused-ring (bicyclic) bond motifs is 1. The highest BCUT2D eigenvalue weighted by Crippen LogP contribution is 2.32. The summed E-state index contributed by atoms with van der Waals surface area (Å²) in [7, 11) is 0. The molecule has 2 aromatic carbocycles. The van der Waals surface area contributed by atoms with Crippen molar-refractivity contribution in [2.45, 2.75) is 13.0 Å². The number of benzene rings is 2. The molecular formula is C18H18N2O5. The predicted octanol–water partition coefficient (Wildman–Crippen LogP) is 1.96. The second kappa shape index (κ2) is 7.12. The van der Waals surface area contributed by atoms with Crippen LogP contribution in [-0.2, 0) is 4.79 Å². The maximum Gasteiger partial charge on any atom is 0.265 e. The molecule has 0 fully saturated rings. The average molecular weight is 342 g/mol. The third-order valence-corrected chi connectivity index (χ3v) is 3.63. The van der Waals surface area contributed by atoms with Crippen molar-refractivity contribution < 1.29 is 23.8 Å². The number of hydrogen-bond acceptors (Lipinski definition) is 5. The Labute approximate surface area is 144 Å². The normalized spacial score (nSPS) is 13.6. The van der Waals surface area contributed by atoms with E-state index in [4.69, 9.17) is 19.9 Å². The Balaban J connectivity index is 1.61. The van der Waals surface area contributed by atoms with E-state index in [1.54, 1.807) is 49.4 Å². The minimum absolute atomic E-state index is 0.310. The molecule has 0 aromatic heterocycles. The lowest BCUT2D eigenvalue weighted by Crippen LogP contribution is -2.30. The van der Waals surface area contributed by atoms with Crippen molar-refractivity contribution >= 4 is 17.5 Å². The summed E-state index contributed by atoms with van der Waals surface area (Å²) >= 11 is 0. The van der Waals surface area contributed by atoms with Crippen LogP contribution < -0.4 is 25.3 Å². The third-order valence-electron chi connectivity index (χ3n) is 3.63. The first-order valence-corrected chi connectivity index (χ1v) is 7.80. The zero-order valence-corrected chi connectivity index (χ0v) is 13.7. The van der Waals surface area contributed by atoms with Crippen molar-refractivity contribution in [2.75, 3.05) is 18.5 Å². The molecule has 3 rings (SSSR count). The van der Waals surface area contributed by atoms with Crippen LogP contribution in [0, 0.1) is 0 Å². The lowest BCUT2D eigenvalue weighted by atomic mass is 10.2. The van der Waals surface area contributed by atoms with Crippen LogP contribution in [0.3, 0.4) is 0 Å². The van der Waals surface area contributed by atoms with E-state index in [2.05, 4.69) is 5.32 Å². The molecule has 2 amide bonds. The first-order chi connectivity index (χ1) is 12.0. The van der Waals surface area contributed by atoms with Gasteiger partial charge in [-0.1, -0.05) is 0 Å². The van der Waals surface area contributed by atoms with Crippen LogP contribution in [-0.4, -0.2) is 31.1 Å². The van der Waals surface area contributed by atoms with Crippen molar-refractivity contribution in [3.63, 3.8) is 0 Å². The summed E-state index contributed by atoms with van der Waals surface area (Å²) in [6.45, 7) is 2.62. The fraction of sp³-hybridized carbons (Fsp3) is 0.222. The summed E-state index contributed by atoms with van der Waals surface area (Å²) in [5.74, 6) is 0.893. The third kappa shape index (κ3) is 4.00. The van der Waals surface area contributed by atoms with Crippen molar-refractivity contribution in [1.82, 2.24) is 0 Å². The number of amides is 2. The van der Waals surface area contributed by atoms with Gasteiger partial charge in [-0.3, -0.25) is 9.59 Å². The summed E-state index contributed by atoms with van der Waals surface area (Å²) < 4.78 is 16.5. The monoisotopic (exact) mass is 342 g/mol. The maximum absolute atomic E-state index is 12.3. The minimum atomic E-state index is -0.729. The van der Waals surface area contributed by atoms with E-state index in [0.717, 1.165) is 0 Å². The van der Waals surface area contributed by atoms with Gasteiger partial charge in [0, 0.05) is 17.3 Å². The van der Waals surface area contributed by atoms with E-state index in [-0.39, 0.29) is 5.91 Å². The number of nitrogens with one attached hydrogen (secondary N) is 1. The van der Waals surface area contributed by atoms with Crippen LogP contribution in [0.4, 0.5) is 5.69 Å². The van der Waals surface area contributed by atoms with Gasteiger partial charge in [0.2, 0.25) is 5.91 Å². The molecule has 2 aromatic rings. The number of hydrogen-bond donors (Lipinski definition) is 2. The van der Waals surface area contributed by atoms with Gasteiger partial charge < -0.3 is 25.3 Å². The molecule has 1 heterocycles. The van der Waals surface area contributed by atoms with Crippen LogP contribution in [0.2, 0.25) is 0 Å². The number of nitrogens with two attached hydrogens (primary N) is 1. The number of carbonyl (C=O) groups is 2. The molecule has 1 atom stereocenters. The molecule has 1 aliphatic rings. The molecule has 7 nitrogen and oxygen atoms in total. The first-order valence-electron chi connectivity index (χ1n) is 7.80.